The van der Waals surface area contributed by atoms with Gasteiger partial charge in [-0.2, -0.15) is 0 Å². The third-order valence-corrected chi connectivity index (χ3v) is 5.71. The van der Waals surface area contributed by atoms with Gasteiger partial charge in [-0.05, 0) is 35.0 Å². The van der Waals surface area contributed by atoms with E-state index in [1.165, 1.54) is 0 Å². The van der Waals surface area contributed by atoms with Crippen LogP contribution in [0.1, 0.15) is 16.8 Å². The normalized spacial score (nSPS) is 13.3. The van der Waals surface area contributed by atoms with Crippen LogP contribution in [0, 0.1) is 0 Å². The van der Waals surface area contributed by atoms with Gasteiger partial charge in [0.15, 0.2) is 0 Å². The molecule has 136 valence electrons. The smallest absolute Gasteiger partial charge is 0.251 e. The van der Waals surface area contributed by atoms with Gasteiger partial charge in [0, 0.05) is 35.7 Å². The number of amides is 2. The van der Waals surface area contributed by atoms with Crippen LogP contribution in [0.3, 0.4) is 0 Å². The molecule has 0 unspecified atom stereocenters. The van der Waals surface area contributed by atoms with E-state index >= 15 is 0 Å². The van der Waals surface area contributed by atoms with Crippen molar-refractivity contribution < 1.29 is 9.59 Å². The number of anilines is 1. The highest BCUT2D eigenvalue weighted by molar-refractivity contribution is 7.99. The molecule has 2 amide bonds. The first-order chi connectivity index (χ1) is 13.2. The molecule has 0 atom stereocenters. The molecule has 4 rings (SSSR count). The molecule has 1 N–H and O–H groups in total. The summed E-state index contributed by atoms with van der Waals surface area (Å²) in [6.07, 6.45) is 0.290. The molecular formula is C22H20N2O2S. The van der Waals surface area contributed by atoms with Gasteiger partial charge < -0.3 is 10.2 Å². The summed E-state index contributed by atoms with van der Waals surface area (Å²) in [5, 5.41) is 5.00. The quantitative estimate of drug-likeness (QED) is 0.746. The van der Waals surface area contributed by atoms with Crippen molar-refractivity contribution in [1.82, 2.24) is 5.32 Å². The summed E-state index contributed by atoms with van der Waals surface area (Å²) in [5.74, 6) is 0.788. The van der Waals surface area contributed by atoms with Crippen molar-refractivity contribution in [3.63, 3.8) is 0 Å². The van der Waals surface area contributed by atoms with Crippen LogP contribution in [0.4, 0.5) is 5.69 Å². The minimum Gasteiger partial charge on any atom is -0.352 e. The van der Waals surface area contributed by atoms with Gasteiger partial charge >= 0.3 is 0 Å². The van der Waals surface area contributed by atoms with Crippen molar-refractivity contribution in [3.8, 4) is 0 Å². The van der Waals surface area contributed by atoms with Crippen molar-refractivity contribution >= 4 is 40.0 Å². The Morgan fingerprint density at radius 1 is 0.963 bits per heavy atom. The maximum atomic E-state index is 12.6. The fourth-order valence-corrected chi connectivity index (χ4v) is 4.27. The molecule has 0 saturated carbocycles. The average Bonchev–Trinajstić information content (AvgIpc) is 2.72. The molecular weight excluding hydrogens is 356 g/mol. The van der Waals surface area contributed by atoms with Crippen molar-refractivity contribution in [3.05, 3.63) is 72.3 Å². The minimum absolute atomic E-state index is 0.0431. The molecule has 0 fully saturated rings. The number of benzene rings is 3. The van der Waals surface area contributed by atoms with Gasteiger partial charge in [-0.15, -0.1) is 11.8 Å². The standard InChI is InChI=1S/C22H20N2O2S/c25-21(24-13-14-27-20-8-4-3-7-19(20)24)11-12-23-22(26)18-10-9-16-5-1-2-6-17(16)15-18/h1-10,15H,11-14H2,(H,23,26). The van der Waals surface area contributed by atoms with Gasteiger partial charge in [-0.3, -0.25) is 9.59 Å². The maximum absolute atomic E-state index is 12.6. The second-order valence-electron chi connectivity index (χ2n) is 6.43. The highest BCUT2D eigenvalue weighted by Crippen LogP contribution is 2.34. The average molecular weight is 376 g/mol. The van der Waals surface area contributed by atoms with E-state index in [0.717, 1.165) is 27.1 Å². The number of para-hydroxylation sites is 1. The van der Waals surface area contributed by atoms with E-state index < -0.39 is 0 Å². The van der Waals surface area contributed by atoms with Gasteiger partial charge in [-0.25, -0.2) is 0 Å². The third kappa shape index (κ3) is 3.83. The molecule has 0 bridgehead atoms. The summed E-state index contributed by atoms with van der Waals surface area (Å²) in [6.45, 7) is 1.04. The maximum Gasteiger partial charge on any atom is 0.251 e. The van der Waals surface area contributed by atoms with Gasteiger partial charge in [0.2, 0.25) is 5.91 Å². The first-order valence-electron chi connectivity index (χ1n) is 9.01. The number of thioether (sulfide) groups is 1. The Morgan fingerprint density at radius 3 is 2.63 bits per heavy atom. The van der Waals surface area contributed by atoms with E-state index in [9.17, 15) is 9.59 Å². The van der Waals surface area contributed by atoms with Crippen LogP contribution in [-0.4, -0.2) is 30.7 Å². The van der Waals surface area contributed by atoms with Crippen LogP contribution in [0.5, 0.6) is 0 Å². The van der Waals surface area contributed by atoms with Crippen LogP contribution >= 0.6 is 11.8 Å². The highest BCUT2D eigenvalue weighted by atomic mass is 32.2. The van der Waals surface area contributed by atoms with E-state index in [1.54, 1.807) is 11.8 Å². The van der Waals surface area contributed by atoms with Crippen molar-refractivity contribution in [1.29, 1.82) is 0 Å². The number of rotatable bonds is 4. The fourth-order valence-electron chi connectivity index (χ4n) is 3.28. The molecule has 1 aliphatic heterocycles. The van der Waals surface area contributed by atoms with E-state index in [2.05, 4.69) is 5.32 Å². The molecule has 1 heterocycles. The number of nitrogens with one attached hydrogen (secondary N) is 1. The molecule has 0 spiro atoms. The lowest BCUT2D eigenvalue weighted by atomic mass is 10.1. The number of fused-ring (bicyclic) bond motifs is 2. The molecule has 0 saturated heterocycles. The van der Waals surface area contributed by atoms with Gasteiger partial charge in [-0.1, -0.05) is 42.5 Å². The second-order valence-corrected chi connectivity index (χ2v) is 7.57. The van der Waals surface area contributed by atoms with Gasteiger partial charge in [0.1, 0.15) is 0 Å². The Balaban J connectivity index is 1.36. The van der Waals surface area contributed by atoms with Crippen LogP contribution in [0.15, 0.2) is 71.6 Å². The molecule has 4 nitrogen and oxygen atoms in total. The van der Waals surface area contributed by atoms with Crippen LogP contribution in [0.2, 0.25) is 0 Å². The summed E-state index contributed by atoms with van der Waals surface area (Å²) < 4.78 is 0. The van der Waals surface area contributed by atoms with E-state index in [1.807, 2.05) is 71.6 Å². The number of nitrogens with zero attached hydrogens (tertiary/aromatic N) is 1. The van der Waals surface area contributed by atoms with Gasteiger partial charge in [0.25, 0.3) is 5.91 Å². The Hall–Kier alpha value is -2.79. The first-order valence-corrected chi connectivity index (χ1v) is 10.00. The zero-order valence-electron chi connectivity index (χ0n) is 14.9. The number of carbonyl (C=O) groups is 2. The monoisotopic (exact) mass is 376 g/mol. The summed E-state index contributed by atoms with van der Waals surface area (Å²) in [6, 6.07) is 21.5. The SMILES string of the molecule is O=C(NCCC(=O)N1CCSc2ccccc21)c1ccc2ccccc2c1. The second kappa shape index (κ2) is 7.84. The summed E-state index contributed by atoms with van der Waals surface area (Å²) >= 11 is 1.77. The topological polar surface area (TPSA) is 49.4 Å². The lowest BCUT2D eigenvalue weighted by Crippen LogP contribution is -2.37. The van der Waals surface area contributed by atoms with E-state index in [0.29, 0.717) is 25.1 Å². The molecule has 3 aromatic carbocycles. The Labute approximate surface area is 162 Å². The number of hydrogen-bond acceptors (Lipinski definition) is 3. The molecule has 1 aliphatic rings. The van der Waals surface area contributed by atoms with E-state index in [4.69, 9.17) is 0 Å². The van der Waals surface area contributed by atoms with Crippen LogP contribution < -0.4 is 10.2 Å². The van der Waals surface area contributed by atoms with Gasteiger partial charge in [0.05, 0.1) is 5.69 Å². The summed E-state index contributed by atoms with van der Waals surface area (Å²) in [5.41, 5.74) is 1.58. The zero-order chi connectivity index (χ0) is 18.6. The predicted octanol–water partition coefficient (Wildman–Crippen LogP) is 4.10. The van der Waals surface area contributed by atoms with Crippen molar-refractivity contribution in [2.24, 2.45) is 0 Å². The molecule has 27 heavy (non-hydrogen) atoms. The fraction of sp³-hybridized carbons (Fsp3) is 0.182. The predicted molar refractivity (Wildman–Crippen MR) is 110 cm³/mol. The Kier molecular flexibility index (Phi) is 5.12. The Morgan fingerprint density at radius 2 is 1.74 bits per heavy atom. The molecule has 5 heteroatoms. The lowest BCUT2D eigenvalue weighted by Gasteiger charge is -2.29. The number of carbonyl (C=O) groups excluding carboxylic acids is 2. The largest absolute Gasteiger partial charge is 0.352 e. The summed E-state index contributed by atoms with van der Waals surface area (Å²) in [7, 11) is 0. The molecule has 0 aliphatic carbocycles. The molecule has 0 aromatic heterocycles. The summed E-state index contributed by atoms with van der Waals surface area (Å²) in [4.78, 5) is 28.0. The van der Waals surface area contributed by atoms with E-state index in [-0.39, 0.29) is 11.8 Å². The van der Waals surface area contributed by atoms with Crippen molar-refractivity contribution in [2.45, 2.75) is 11.3 Å². The molecule has 3 aromatic rings. The number of hydrogen-bond donors (Lipinski definition) is 1. The highest BCUT2D eigenvalue weighted by Gasteiger charge is 2.22. The minimum atomic E-state index is -0.150. The molecule has 0 radical (unpaired) electrons. The third-order valence-electron chi connectivity index (χ3n) is 4.67. The Bertz CT molecular complexity index is 1000. The van der Waals surface area contributed by atoms with Crippen LogP contribution in [0.25, 0.3) is 10.8 Å². The van der Waals surface area contributed by atoms with Crippen molar-refractivity contribution in [2.75, 3.05) is 23.7 Å². The zero-order valence-corrected chi connectivity index (χ0v) is 15.7. The first kappa shape index (κ1) is 17.6. The van der Waals surface area contributed by atoms with Crippen LogP contribution in [-0.2, 0) is 4.79 Å². The lowest BCUT2D eigenvalue weighted by molar-refractivity contribution is -0.118.